The standard InChI is InChI=1S/C34H27N3O4/c1-40-32-19-23(17-18-31(32)41-22-25-11-8-10-24-9-2-3-12-26(24)25)20-35-36-33(38)21-37-29-15-6-4-13-27(29)34(39)28-14-5-7-16-30(28)37/h2-20H,21-22H2,1H3,(H,36,38). The van der Waals surface area contributed by atoms with Crippen LogP contribution in [-0.2, 0) is 17.9 Å². The Labute approximate surface area is 236 Å². The number of aromatic nitrogens is 1. The van der Waals surface area contributed by atoms with Gasteiger partial charge in [-0.25, -0.2) is 5.43 Å². The van der Waals surface area contributed by atoms with E-state index >= 15 is 0 Å². The summed E-state index contributed by atoms with van der Waals surface area (Å²) in [5.74, 6) is 0.854. The number of hydrogen-bond acceptors (Lipinski definition) is 5. The van der Waals surface area contributed by atoms with Crippen LogP contribution in [0.1, 0.15) is 11.1 Å². The fourth-order valence-electron chi connectivity index (χ4n) is 5.06. The molecule has 0 fully saturated rings. The van der Waals surface area contributed by atoms with Crippen LogP contribution in [-0.4, -0.2) is 23.8 Å². The molecule has 0 atom stereocenters. The molecule has 0 aliphatic rings. The molecule has 0 bridgehead atoms. The minimum absolute atomic E-state index is 0.00289. The third kappa shape index (κ3) is 5.25. The van der Waals surface area contributed by atoms with Gasteiger partial charge < -0.3 is 14.0 Å². The summed E-state index contributed by atoms with van der Waals surface area (Å²) < 4.78 is 13.5. The number of benzene rings is 5. The van der Waals surface area contributed by atoms with E-state index in [-0.39, 0.29) is 17.9 Å². The van der Waals surface area contributed by atoms with Crippen molar-refractivity contribution in [2.75, 3.05) is 7.11 Å². The van der Waals surface area contributed by atoms with Crippen molar-refractivity contribution in [3.63, 3.8) is 0 Å². The molecule has 1 N–H and O–H groups in total. The van der Waals surface area contributed by atoms with E-state index in [2.05, 4.69) is 34.8 Å². The fraction of sp³-hybridized carbons (Fsp3) is 0.0882. The van der Waals surface area contributed by atoms with E-state index < -0.39 is 0 Å². The van der Waals surface area contributed by atoms with Crippen LogP contribution in [0.2, 0.25) is 0 Å². The van der Waals surface area contributed by atoms with E-state index in [4.69, 9.17) is 9.47 Å². The third-order valence-electron chi connectivity index (χ3n) is 7.03. The zero-order chi connectivity index (χ0) is 28.2. The number of pyridine rings is 1. The SMILES string of the molecule is COc1cc(C=NNC(=O)Cn2c3ccccc3c(=O)c3ccccc32)ccc1OCc1cccc2ccccc12. The second kappa shape index (κ2) is 11.4. The lowest BCUT2D eigenvalue weighted by Crippen LogP contribution is -2.25. The highest BCUT2D eigenvalue weighted by molar-refractivity contribution is 5.95. The molecular formula is C34H27N3O4. The summed E-state index contributed by atoms with van der Waals surface area (Å²) in [6, 6.07) is 34.4. The highest BCUT2D eigenvalue weighted by Crippen LogP contribution is 2.29. The van der Waals surface area contributed by atoms with Crippen LogP contribution in [0, 0.1) is 0 Å². The number of rotatable bonds is 8. The number of amides is 1. The predicted molar refractivity (Wildman–Crippen MR) is 163 cm³/mol. The molecule has 6 rings (SSSR count). The quantitative estimate of drug-likeness (QED) is 0.145. The number of hydrazone groups is 1. The van der Waals surface area contributed by atoms with Gasteiger partial charge in [0, 0.05) is 10.8 Å². The number of para-hydroxylation sites is 2. The average Bonchev–Trinajstić information content (AvgIpc) is 3.02. The molecule has 7 heteroatoms. The molecule has 0 spiro atoms. The Morgan fingerprint density at radius 3 is 2.20 bits per heavy atom. The third-order valence-corrected chi connectivity index (χ3v) is 7.03. The maximum absolute atomic E-state index is 12.9. The monoisotopic (exact) mass is 541 g/mol. The smallest absolute Gasteiger partial charge is 0.260 e. The molecule has 0 aliphatic carbocycles. The average molecular weight is 542 g/mol. The maximum Gasteiger partial charge on any atom is 0.260 e. The molecule has 0 radical (unpaired) electrons. The maximum atomic E-state index is 12.9. The Kier molecular flexibility index (Phi) is 7.15. The van der Waals surface area contributed by atoms with Gasteiger partial charge in [0.2, 0.25) is 0 Å². The summed E-state index contributed by atoms with van der Waals surface area (Å²) in [7, 11) is 1.59. The predicted octanol–water partition coefficient (Wildman–Crippen LogP) is 6.05. The summed E-state index contributed by atoms with van der Waals surface area (Å²) >= 11 is 0. The van der Waals surface area contributed by atoms with Gasteiger partial charge in [-0.15, -0.1) is 0 Å². The summed E-state index contributed by atoms with van der Waals surface area (Å²) in [6.45, 7) is 0.401. The Morgan fingerprint density at radius 1 is 0.805 bits per heavy atom. The van der Waals surface area contributed by atoms with Crippen LogP contribution in [0.25, 0.3) is 32.6 Å². The van der Waals surface area contributed by atoms with Gasteiger partial charge >= 0.3 is 0 Å². The molecule has 0 saturated carbocycles. The molecule has 0 unspecified atom stereocenters. The molecule has 1 amide bonds. The van der Waals surface area contributed by atoms with Gasteiger partial charge in [-0.3, -0.25) is 9.59 Å². The molecule has 1 heterocycles. The van der Waals surface area contributed by atoms with Gasteiger partial charge in [0.05, 0.1) is 24.4 Å². The summed E-state index contributed by atoms with van der Waals surface area (Å²) in [5, 5.41) is 7.60. The molecule has 202 valence electrons. The Morgan fingerprint density at radius 2 is 1.46 bits per heavy atom. The van der Waals surface area contributed by atoms with Crippen LogP contribution in [0.4, 0.5) is 0 Å². The first kappa shape index (κ1) is 25.8. The normalized spacial score (nSPS) is 11.3. The second-order valence-electron chi connectivity index (χ2n) is 9.58. The van der Waals surface area contributed by atoms with E-state index in [1.54, 1.807) is 31.5 Å². The topological polar surface area (TPSA) is 81.9 Å². The lowest BCUT2D eigenvalue weighted by molar-refractivity contribution is -0.121. The lowest BCUT2D eigenvalue weighted by Gasteiger charge is -2.14. The number of nitrogens with one attached hydrogen (secondary N) is 1. The van der Waals surface area contributed by atoms with Gasteiger partial charge in [0.15, 0.2) is 16.9 Å². The Balaban J connectivity index is 1.16. The first-order valence-electron chi connectivity index (χ1n) is 13.2. The van der Waals surface area contributed by atoms with Crippen molar-refractivity contribution in [1.82, 2.24) is 9.99 Å². The summed E-state index contributed by atoms with van der Waals surface area (Å²) in [5.41, 5.74) is 5.75. The van der Waals surface area contributed by atoms with Gasteiger partial charge in [-0.05, 0) is 64.4 Å². The van der Waals surface area contributed by atoms with E-state index in [9.17, 15) is 9.59 Å². The number of carbonyl (C=O) groups is 1. The van der Waals surface area contributed by atoms with Crippen molar-refractivity contribution in [1.29, 1.82) is 0 Å². The molecular weight excluding hydrogens is 514 g/mol. The number of fused-ring (bicyclic) bond motifs is 3. The van der Waals surface area contributed by atoms with E-state index in [1.165, 1.54) is 0 Å². The van der Waals surface area contributed by atoms with Crippen LogP contribution < -0.4 is 20.3 Å². The van der Waals surface area contributed by atoms with Crippen LogP contribution >= 0.6 is 0 Å². The molecule has 0 aliphatic heterocycles. The Bertz CT molecular complexity index is 1930. The zero-order valence-electron chi connectivity index (χ0n) is 22.4. The van der Waals surface area contributed by atoms with Crippen molar-refractivity contribution in [3.8, 4) is 11.5 Å². The molecule has 5 aromatic carbocycles. The van der Waals surface area contributed by atoms with Gasteiger partial charge in [0.1, 0.15) is 13.2 Å². The number of hydrogen-bond donors (Lipinski definition) is 1. The minimum Gasteiger partial charge on any atom is -0.493 e. The lowest BCUT2D eigenvalue weighted by atomic mass is 10.1. The van der Waals surface area contributed by atoms with Crippen LogP contribution in [0.15, 0.2) is 119 Å². The molecule has 0 saturated heterocycles. The highest BCUT2D eigenvalue weighted by atomic mass is 16.5. The van der Waals surface area contributed by atoms with Crippen molar-refractivity contribution < 1.29 is 14.3 Å². The number of carbonyl (C=O) groups excluding carboxylic acids is 1. The number of nitrogens with zero attached hydrogens (tertiary/aromatic N) is 2. The van der Waals surface area contributed by atoms with Crippen molar-refractivity contribution in [3.05, 3.63) is 131 Å². The molecule has 1 aromatic heterocycles. The van der Waals surface area contributed by atoms with Crippen LogP contribution in [0.3, 0.4) is 0 Å². The fourth-order valence-corrected chi connectivity index (χ4v) is 5.06. The van der Waals surface area contributed by atoms with Crippen molar-refractivity contribution in [2.45, 2.75) is 13.2 Å². The van der Waals surface area contributed by atoms with E-state index in [0.717, 1.165) is 21.9 Å². The largest absolute Gasteiger partial charge is 0.493 e. The summed E-state index contributed by atoms with van der Waals surface area (Å²) in [4.78, 5) is 25.8. The number of ether oxygens (including phenoxy) is 2. The van der Waals surface area contributed by atoms with Crippen molar-refractivity contribution >= 4 is 44.7 Å². The van der Waals surface area contributed by atoms with Crippen molar-refractivity contribution in [2.24, 2.45) is 5.10 Å². The van der Waals surface area contributed by atoms with Crippen LogP contribution in [0.5, 0.6) is 11.5 Å². The first-order chi connectivity index (χ1) is 20.1. The number of methoxy groups -OCH3 is 1. The zero-order valence-corrected chi connectivity index (χ0v) is 22.4. The first-order valence-corrected chi connectivity index (χ1v) is 13.2. The van der Waals surface area contributed by atoms with E-state index in [0.29, 0.717) is 39.9 Å². The molecule has 7 nitrogen and oxygen atoms in total. The second-order valence-corrected chi connectivity index (χ2v) is 9.58. The molecule has 41 heavy (non-hydrogen) atoms. The van der Waals surface area contributed by atoms with Gasteiger partial charge in [-0.1, -0.05) is 66.7 Å². The van der Waals surface area contributed by atoms with Gasteiger partial charge in [0.25, 0.3) is 5.91 Å². The van der Waals surface area contributed by atoms with Gasteiger partial charge in [-0.2, -0.15) is 5.10 Å². The minimum atomic E-state index is -0.317. The molecule has 6 aromatic rings. The van der Waals surface area contributed by atoms with E-state index in [1.807, 2.05) is 71.3 Å². The highest BCUT2D eigenvalue weighted by Gasteiger charge is 2.13. The summed E-state index contributed by atoms with van der Waals surface area (Å²) in [6.07, 6.45) is 1.55. The Hall–Kier alpha value is -5.43.